The lowest BCUT2D eigenvalue weighted by Gasteiger charge is -2.17. The van der Waals surface area contributed by atoms with Crippen LogP contribution in [-0.4, -0.2) is 51.6 Å². The van der Waals surface area contributed by atoms with Crippen LogP contribution in [0.4, 0.5) is 11.6 Å². The predicted molar refractivity (Wildman–Crippen MR) is 94.9 cm³/mol. The van der Waals surface area contributed by atoms with Crippen LogP contribution in [0.2, 0.25) is 0 Å². The van der Waals surface area contributed by atoms with E-state index >= 15 is 0 Å². The second kappa shape index (κ2) is 7.52. The van der Waals surface area contributed by atoms with Crippen molar-refractivity contribution in [2.24, 2.45) is 0 Å². The van der Waals surface area contributed by atoms with E-state index in [-0.39, 0.29) is 12.2 Å². The molecule has 0 radical (unpaired) electrons. The Morgan fingerprint density at radius 2 is 2.04 bits per heavy atom. The van der Waals surface area contributed by atoms with Gasteiger partial charge in [-0.25, -0.2) is 0 Å². The number of aliphatic hydroxyl groups is 1. The Kier molecular flexibility index (Phi) is 5.17. The summed E-state index contributed by atoms with van der Waals surface area (Å²) in [4.78, 5) is 26.5. The second-order valence-electron chi connectivity index (χ2n) is 5.94. The van der Waals surface area contributed by atoms with Gasteiger partial charge in [0, 0.05) is 25.3 Å². The Hall–Kier alpha value is -2.94. The van der Waals surface area contributed by atoms with Gasteiger partial charge < -0.3 is 20.1 Å². The monoisotopic (exact) mass is 359 g/mol. The van der Waals surface area contributed by atoms with Crippen molar-refractivity contribution in [3.8, 4) is 5.75 Å². The summed E-state index contributed by atoms with van der Waals surface area (Å²) < 4.78 is 6.86. The molecule has 1 amide bonds. The minimum atomic E-state index is -0.709. The third-order valence-electron chi connectivity index (χ3n) is 3.95. The maximum Gasteiger partial charge on any atom is 0.286 e. The smallest absolute Gasteiger partial charge is 0.286 e. The van der Waals surface area contributed by atoms with Gasteiger partial charge in [0.1, 0.15) is 5.75 Å². The molecule has 0 aliphatic carbocycles. The predicted octanol–water partition coefficient (Wildman–Crippen LogP) is 0.299. The molecule has 1 aliphatic rings. The summed E-state index contributed by atoms with van der Waals surface area (Å²) >= 11 is 0. The minimum Gasteiger partial charge on any atom is -0.494 e. The first-order valence-corrected chi connectivity index (χ1v) is 8.45. The molecule has 1 aromatic heterocycles. The summed E-state index contributed by atoms with van der Waals surface area (Å²) in [5, 5.41) is 19.6. The van der Waals surface area contributed by atoms with Crippen molar-refractivity contribution in [2.45, 2.75) is 26.5 Å². The van der Waals surface area contributed by atoms with Crippen LogP contribution < -0.4 is 20.5 Å². The van der Waals surface area contributed by atoms with E-state index in [1.54, 1.807) is 0 Å². The topological polar surface area (TPSA) is 110 Å². The zero-order valence-electron chi connectivity index (χ0n) is 14.7. The molecule has 0 saturated heterocycles. The lowest BCUT2D eigenvalue weighted by Crippen LogP contribution is -2.37. The number of rotatable bonds is 6. The Bertz CT molecular complexity index is 847. The van der Waals surface area contributed by atoms with Gasteiger partial charge in [0.2, 0.25) is 11.6 Å². The normalized spacial score (nSPS) is 14.0. The van der Waals surface area contributed by atoms with E-state index in [0.29, 0.717) is 25.6 Å². The number of carbonyl (C=O) groups is 1. The maximum absolute atomic E-state index is 12.6. The van der Waals surface area contributed by atoms with Crippen molar-refractivity contribution in [1.82, 2.24) is 20.1 Å². The molecular weight excluding hydrogens is 338 g/mol. The fourth-order valence-electron chi connectivity index (χ4n) is 2.71. The number of fused-ring (bicyclic) bond motifs is 1. The number of nitrogens with one attached hydrogen (secondary N) is 1. The van der Waals surface area contributed by atoms with E-state index < -0.39 is 17.6 Å². The van der Waals surface area contributed by atoms with Crippen molar-refractivity contribution in [3.05, 3.63) is 40.3 Å². The number of ether oxygens (including phenoxy) is 1. The summed E-state index contributed by atoms with van der Waals surface area (Å²) in [6.07, 6.45) is -0.709. The molecule has 138 valence electrons. The Morgan fingerprint density at radius 1 is 1.31 bits per heavy atom. The first-order chi connectivity index (χ1) is 12.5. The van der Waals surface area contributed by atoms with Crippen molar-refractivity contribution in [3.63, 3.8) is 0 Å². The van der Waals surface area contributed by atoms with Gasteiger partial charge >= 0.3 is 0 Å². The van der Waals surface area contributed by atoms with Crippen LogP contribution in [0.1, 0.15) is 24.3 Å². The van der Waals surface area contributed by atoms with Crippen LogP contribution in [0.15, 0.2) is 29.1 Å². The molecule has 0 bridgehead atoms. The largest absolute Gasteiger partial charge is 0.494 e. The van der Waals surface area contributed by atoms with Gasteiger partial charge in [-0.05, 0) is 38.1 Å². The SMILES string of the molecule is CCOc1ccc(N2CCn3c2nnc(C(=O)NC[C@H](C)O)c3=O)cc1. The molecule has 9 nitrogen and oxygen atoms in total. The van der Waals surface area contributed by atoms with Crippen molar-refractivity contribution >= 4 is 17.5 Å². The lowest BCUT2D eigenvalue weighted by atomic mass is 10.3. The van der Waals surface area contributed by atoms with Crippen LogP contribution in [0.5, 0.6) is 5.75 Å². The van der Waals surface area contributed by atoms with Crippen molar-refractivity contribution < 1.29 is 14.6 Å². The van der Waals surface area contributed by atoms with Crippen LogP contribution in [0, 0.1) is 0 Å². The molecule has 26 heavy (non-hydrogen) atoms. The highest BCUT2D eigenvalue weighted by Crippen LogP contribution is 2.28. The molecule has 2 heterocycles. The van der Waals surface area contributed by atoms with E-state index in [1.807, 2.05) is 36.1 Å². The highest BCUT2D eigenvalue weighted by molar-refractivity contribution is 5.91. The molecule has 1 aliphatic heterocycles. The quantitative estimate of drug-likeness (QED) is 0.763. The standard InChI is InChI=1S/C17H21N5O4/c1-3-26-13-6-4-12(5-7-13)21-8-9-22-16(25)14(19-20-17(21)22)15(24)18-10-11(2)23/h4-7,11,23H,3,8-10H2,1-2H3,(H,18,24)/t11-/m0/s1. The molecule has 1 atom stereocenters. The highest BCUT2D eigenvalue weighted by Gasteiger charge is 2.27. The number of hydrogen-bond donors (Lipinski definition) is 2. The number of aromatic nitrogens is 3. The fourth-order valence-corrected chi connectivity index (χ4v) is 2.71. The molecule has 1 aromatic carbocycles. The van der Waals surface area contributed by atoms with E-state index in [9.17, 15) is 14.7 Å². The third-order valence-corrected chi connectivity index (χ3v) is 3.95. The minimum absolute atomic E-state index is 0.0417. The van der Waals surface area contributed by atoms with E-state index in [2.05, 4.69) is 15.5 Å². The average molecular weight is 359 g/mol. The molecule has 0 unspecified atom stereocenters. The number of hydrogen-bond acceptors (Lipinski definition) is 7. The van der Waals surface area contributed by atoms with Crippen LogP contribution in [0.3, 0.4) is 0 Å². The van der Waals surface area contributed by atoms with E-state index in [0.717, 1.165) is 11.4 Å². The van der Waals surface area contributed by atoms with Crippen molar-refractivity contribution in [1.29, 1.82) is 0 Å². The van der Waals surface area contributed by atoms with E-state index in [4.69, 9.17) is 4.74 Å². The van der Waals surface area contributed by atoms with Crippen molar-refractivity contribution in [2.75, 3.05) is 24.6 Å². The number of nitrogens with zero attached hydrogens (tertiary/aromatic N) is 4. The van der Waals surface area contributed by atoms with Crippen LogP contribution >= 0.6 is 0 Å². The zero-order chi connectivity index (χ0) is 18.7. The molecule has 0 saturated carbocycles. The Balaban J connectivity index is 1.84. The van der Waals surface area contributed by atoms with Crippen LogP contribution in [0.25, 0.3) is 0 Å². The number of amides is 1. The van der Waals surface area contributed by atoms with Gasteiger partial charge in [0.25, 0.3) is 11.5 Å². The molecular formula is C17H21N5O4. The van der Waals surface area contributed by atoms with Gasteiger partial charge in [0.05, 0.1) is 12.7 Å². The zero-order valence-corrected chi connectivity index (χ0v) is 14.7. The summed E-state index contributed by atoms with van der Waals surface area (Å²) in [7, 11) is 0. The number of benzene rings is 1. The molecule has 2 aromatic rings. The van der Waals surface area contributed by atoms with Gasteiger partial charge in [-0.1, -0.05) is 0 Å². The first-order valence-electron chi connectivity index (χ1n) is 8.45. The number of aliphatic hydroxyl groups excluding tert-OH is 1. The van der Waals surface area contributed by atoms with Gasteiger partial charge in [-0.2, -0.15) is 0 Å². The Labute approximate surface area is 150 Å². The fraction of sp³-hybridized carbons (Fsp3) is 0.412. The summed E-state index contributed by atoms with van der Waals surface area (Å²) in [6, 6.07) is 7.47. The first kappa shape index (κ1) is 17.9. The van der Waals surface area contributed by atoms with Gasteiger partial charge in [-0.15, -0.1) is 10.2 Å². The number of anilines is 2. The molecule has 0 fully saturated rings. The molecule has 9 heteroatoms. The second-order valence-corrected chi connectivity index (χ2v) is 5.94. The Morgan fingerprint density at radius 3 is 2.69 bits per heavy atom. The third kappa shape index (κ3) is 3.52. The molecule has 3 rings (SSSR count). The highest BCUT2D eigenvalue weighted by atomic mass is 16.5. The summed E-state index contributed by atoms with van der Waals surface area (Å²) in [5.41, 5.74) is 0.0918. The average Bonchev–Trinajstić information content (AvgIpc) is 3.06. The van der Waals surface area contributed by atoms with Gasteiger partial charge in [-0.3, -0.25) is 14.2 Å². The lowest BCUT2D eigenvalue weighted by molar-refractivity contribution is 0.0915. The van der Waals surface area contributed by atoms with Crippen LogP contribution in [-0.2, 0) is 6.54 Å². The van der Waals surface area contributed by atoms with E-state index in [1.165, 1.54) is 11.5 Å². The summed E-state index contributed by atoms with van der Waals surface area (Å²) in [5.74, 6) is 0.522. The maximum atomic E-state index is 12.6. The van der Waals surface area contributed by atoms with Gasteiger partial charge in [0.15, 0.2) is 0 Å². The number of carbonyl (C=O) groups excluding carboxylic acids is 1. The summed E-state index contributed by atoms with van der Waals surface area (Å²) in [6.45, 7) is 5.05. The molecule has 0 spiro atoms. The molecule has 2 N–H and O–H groups in total.